The van der Waals surface area contributed by atoms with Crippen LogP contribution < -0.4 is 5.32 Å². The van der Waals surface area contributed by atoms with Crippen molar-refractivity contribution in [1.29, 1.82) is 0 Å². The largest absolute Gasteiger partial charge is 0.508 e. The van der Waals surface area contributed by atoms with Crippen molar-refractivity contribution >= 4 is 11.8 Å². The van der Waals surface area contributed by atoms with Gasteiger partial charge in [-0.25, -0.2) is 0 Å². The lowest BCUT2D eigenvalue weighted by Gasteiger charge is -2.14. The normalized spacial score (nSPS) is 18.3. The lowest BCUT2D eigenvalue weighted by Crippen LogP contribution is -2.20. The van der Waals surface area contributed by atoms with Crippen molar-refractivity contribution in [3.05, 3.63) is 29.3 Å². The van der Waals surface area contributed by atoms with E-state index in [2.05, 4.69) is 17.6 Å². The van der Waals surface area contributed by atoms with Gasteiger partial charge >= 0.3 is 0 Å². The summed E-state index contributed by atoms with van der Waals surface area (Å²) in [6.45, 7) is 1.08. The Hall–Kier alpha value is -0.670. The quantitative estimate of drug-likeness (QED) is 0.762. The van der Waals surface area contributed by atoms with Crippen molar-refractivity contribution in [1.82, 2.24) is 5.32 Å². The molecule has 17 heavy (non-hydrogen) atoms. The molecule has 0 amide bonds. The first kappa shape index (κ1) is 12.8. The van der Waals surface area contributed by atoms with Crippen LogP contribution in [0.4, 0.5) is 0 Å². The van der Waals surface area contributed by atoms with E-state index < -0.39 is 0 Å². The molecule has 1 unspecified atom stereocenters. The highest BCUT2D eigenvalue weighted by molar-refractivity contribution is 7.98. The molecule has 3 heteroatoms. The van der Waals surface area contributed by atoms with E-state index >= 15 is 0 Å². The fourth-order valence-electron chi connectivity index (χ4n) is 2.49. The standard InChI is InChI=1S/C14H21NOS/c1-17-10-3-2-9-15-13-8-7-12-11(13)5-4-6-14(12)16/h4-6,13,15-16H,2-3,7-10H2,1H3. The summed E-state index contributed by atoms with van der Waals surface area (Å²) < 4.78 is 0. The molecule has 0 bridgehead atoms. The highest BCUT2D eigenvalue weighted by atomic mass is 32.2. The van der Waals surface area contributed by atoms with E-state index in [0.717, 1.165) is 24.9 Å². The molecule has 0 saturated carbocycles. The molecule has 0 spiro atoms. The molecule has 0 saturated heterocycles. The number of aromatic hydroxyl groups is 1. The van der Waals surface area contributed by atoms with Gasteiger partial charge in [-0.05, 0) is 61.4 Å². The van der Waals surface area contributed by atoms with Crippen LogP contribution >= 0.6 is 11.8 Å². The van der Waals surface area contributed by atoms with E-state index in [1.54, 1.807) is 6.07 Å². The number of nitrogens with one attached hydrogen (secondary N) is 1. The third-order valence-corrected chi connectivity index (χ3v) is 4.11. The fraction of sp³-hybridized carbons (Fsp3) is 0.571. The van der Waals surface area contributed by atoms with Crippen LogP contribution in [0, 0.1) is 0 Å². The maximum absolute atomic E-state index is 9.76. The Balaban J connectivity index is 1.83. The Morgan fingerprint density at radius 2 is 2.29 bits per heavy atom. The Bertz CT molecular complexity index is 367. The molecule has 2 N–H and O–H groups in total. The molecule has 2 rings (SSSR count). The number of rotatable bonds is 6. The Morgan fingerprint density at radius 1 is 1.41 bits per heavy atom. The van der Waals surface area contributed by atoms with Crippen LogP contribution in [0.3, 0.4) is 0 Å². The molecule has 1 aromatic rings. The topological polar surface area (TPSA) is 32.3 Å². The molecular formula is C14H21NOS. The molecule has 1 aliphatic carbocycles. The van der Waals surface area contributed by atoms with Crippen molar-refractivity contribution in [3.63, 3.8) is 0 Å². The summed E-state index contributed by atoms with van der Waals surface area (Å²) in [5.74, 6) is 1.72. The van der Waals surface area contributed by atoms with Crippen molar-refractivity contribution < 1.29 is 5.11 Å². The van der Waals surface area contributed by atoms with Gasteiger partial charge < -0.3 is 10.4 Å². The minimum Gasteiger partial charge on any atom is -0.508 e. The van der Waals surface area contributed by atoms with Crippen molar-refractivity contribution in [2.24, 2.45) is 0 Å². The molecule has 94 valence electrons. The van der Waals surface area contributed by atoms with Gasteiger partial charge in [0.25, 0.3) is 0 Å². The third-order valence-electron chi connectivity index (χ3n) is 3.41. The summed E-state index contributed by atoms with van der Waals surface area (Å²) in [4.78, 5) is 0. The van der Waals surface area contributed by atoms with Crippen LogP contribution in [0.15, 0.2) is 18.2 Å². The van der Waals surface area contributed by atoms with Gasteiger partial charge in [-0.1, -0.05) is 12.1 Å². The Labute approximate surface area is 108 Å². The van der Waals surface area contributed by atoms with Gasteiger partial charge in [0.05, 0.1) is 0 Å². The molecule has 0 radical (unpaired) electrons. The summed E-state index contributed by atoms with van der Waals surface area (Å²) in [5, 5.41) is 13.4. The van der Waals surface area contributed by atoms with Gasteiger partial charge in [0, 0.05) is 6.04 Å². The zero-order valence-corrected chi connectivity index (χ0v) is 11.2. The first-order valence-electron chi connectivity index (χ1n) is 6.36. The van der Waals surface area contributed by atoms with Gasteiger partial charge in [-0.15, -0.1) is 0 Å². The van der Waals surface area contributed by atoms with Gasteiger partial charge in [-0.3, -0.25) is 0 Å². The SMILES string of the molecule is CSCCCCNC1CCc2c(O)cccc21. The van der Waals surface area contributed by atoms with E-state index in [4.69, 9.17) is 0 Å². The number of hydrogen-bond donors (Lipinski definition) is 2. The zero-order valence-electron chi connectivity index (χ0n) is 10.4. The van der Waals surface area contributed by atoms with Crippen molar-refractivity contribution in [2.75, 3.05) is 18.6 Å². The molecule has 0 aliphatic heterocycles. The predicted octanol–water partition coefficient (Wildman–Crippen LogP) is 3.11. The van der Waals surface area contributed by atoms with Crippen LogP contribution in [0.25, 0.3) is 0 Å². The van der Waals surface area contributed by atoms with Gasteiger partial charge in [-0.2, -0.15) is 11.8 Å². The number of thioether (sulfide) groups is 1. The summed E-state index contributed by atoms with van der Waals surface area (Å²) in [6.07, 6.45) is 6.81. The smallest absolute Gasteiger partial charge is 0.119 e. The zero-order chi connectivity index (χ0) is 12.1. The number of hydrogen-bond acceptors (Lipinski definition) is 3. The first-order valence-corrected chi connectivity index (χ1v) is 7.75. The van der Waals surface area contributed by atoms with Crippen LogP contribution in [0.1, 0.15) is 36.4 Å². The molecule has 0 aromatic heterocycles. The molecule has 1 atom stereocenters. The van der Waals surface area contributed by atoms with Crippen molar-refractivity contribution in [3.8, 4) is 5.75 Å². The Kier molecular flexibility index (Phi) is 4.75. The van der Waals surface area contributed by atoms with E-state index in [1.165, 1.54) is 24.2 Å². The monoisotopic (exact) mass is 251 g/mol. The second-order valence-electron chi connectivity index (χ2n) is 4.59. The molecule has 0 heterocycles. The van der Waals surface area contributed by atoms with E-state index in [-0.39, 0.29) is 0 Å². The second kappa shape index (κ2) is 6.31. The van der Waals surface area contributed by atoms with Gasteiger partial charge in [0.15, 0.2) is 0 Å². The lowest BCUT2D eigenvalue weighted by molar-refractivity contribution is 0.469. The molecular weight excluding hydrogens is 230 g/mol. The average molecular weight is 251 g/mol. The number of phenols is 1. The van der Waals surface area contributed by atoms with E-state index in [9.17, 15) is 5.11 Å². The van der Waals surface area contributed by atoms with Crippen LogP contribution in [0.5, 0.6) is 5.75 Å². The summed E-state index contributed by atoms with van der Waals surface area (Å²) in [5.41, 5.74) is 2.45. The molecule has 1 aromatic carbocycles. The lowest BCUT2D eigenvalue weighted by atomic mass is 10.1. The first-order chi connectivity index (χ1) is 8.33. The molecule has 1 aliphatic rings. The Morgan fingerprint density at radius 3 is 3.12 bits per heavy atom. The molecule has 0 fully saturated rings. The minimum absolute atomic E-state index is 0.450. The summed E-state index contributed by atoms with van der Waals surface area (Å²) in [6, 6.07) is 6.33. The fourth-order valence-corrected chi connectivity index (χ4v) is 2.99. The number of phenolic OH excluding ortho intramolecular Hbond substituents is 1. The van der Waals surface area contributed by atoms with Gasteiger partial charge in [0.1, 0.15) is 5.75 Å². The number of benzene rings is 1. The maximum Gasteiger partial charge on any atom is 0.119 e. The number of fused-ring (bicyclic) bond motifs is 1. The average Bonchev–Trinajstić information content (AvgIpc) is 2.74. The van der Waals surface area contributed by atoms with Crippen LogP contribution in [-0.4, -0.2) is 23.7 Å². The summed E-state index contributed by atoms with van der Waals surface area (Å²) >= 11 is 1.91. The highest BCUT2D eigenvalue weighted by Gasteiger charge is 2.23. The third kappa shape index (κ3) is 3.17. The second-order valence-corrected chi connectivity index (χ2v) is 5.58. The van der Waals surface area contributed by atoms with Crippen LogP contribution in [-0.2, 0) is 6.42 Å². The minimum atomic E-state index is 0.450. The maximum atomic E-state index is 9.76. The number of unbranched alkanes of at least 4 members (excludes halogenated alkanes) is 1. The molecule has 2 nitrogen and oxygen atoms in total. The highest BCUT2D eigenvalue weighted by Crippen LogP contribution is 2.36. The van der Waals surface area contributed by atoms with Gasteiger partial charge in [0.2, 0.25) is 0 Å². The van der Waals surface area contributed by atoms with E-state index in [1.807, 2.05) is 17.8 Å². The summed E-state index contributed by atoms with van der Waals surface area (Å²) in [7, 11) is 0. The van der Waals surface area contributed by atoms with Crippen molar-refractivity contribution in [2.45, 2.75) is 31.7 Å². The van der Waals surface area contributed by atoms with Crippen LogP contribution in [0.2, 0.25) is 0 Å². The van der Waals surface area contributed by atoms with E-state index in [0.29, 0.717) is 11.8 Å². The predicted molar refractivity (Wildman–Crippen MR) is 74.8 cm³/mol.